The van der Waals surface area contributed by atoms with Crippen molar-refractivity contribution < 1.29 is 23.9 Å². The summed E-state index contributed by atoms with van der Waals surface area (Å²) >= 11 is 0. The van der Waals surface area contributed by atoms with E-state index < -0.39 is 29.2 Å². The second-order valence-electron chi connectivity index (χ2n) is 7.64. The predicted molar refractivity (Wildman–Crippen MR) is 84.7 cm³/mol. The van der Waals surface area contributed by atoms with Gasteiger partial charge < -0.3 is 19.7 Å². The minimum absolute atomic E-state index is 0.0546. The zero-order valence-corrected chi connectivity index (χ0v) is 14.9. The number of nitrogens with zero attached hydrogens (tertiary/aromatic N) is 1. The Morgan fingerprint density at radius 2 is 1.61 bits per heavy atom. The number of hydrogen-bond donors (Lipinski definition) is 1. The van der Waals surface area contributed by atoms with Crippen LogP contribution in [0.2, 0.25) is 0 Å². The smallest absolute Gasteiger partial charge is 0.326 e. The lowest BCUT2D eigenvalue weighted by Crippen LogP contribution is -2.57. The second-order valence-corrected chi connectivity index (χ2v) is 7.64. The Hall–Kier alpha value is -1.63. The zero-order chi connectivity index (χ0) is 17.8. The number of carbonyl (C=O) groups is 3. The van der Waals surface area contributed by atoms with E-state index in [4.69, 9.17) is 9.47 Å². The number of piperazine rings is 1. The van der Waals surface area contributed by atoms with Crippen molar-refractivity contribution >= 4 is 17.8 Å². The first-order valence-corrected chi connectivity index (χ1v) is 7.83. The van der Waals surface area contributed by atoms with E-state index in [0.29, 0.717) is 13.1 Å². The molecule has 132 valence electrons. The fourth-order valence-electron chi connectivity index (χ4n) is 2.19. The van der Waals surface area contributed by atoms with Crippen LogP contribution in [0.3, 0.4) is 0 Å². The standard InChI is InChI=1S/C16H28N2O5/c1-15(2,3)22-12(19)9-11-14(21)18(8-7-17-11)10-13(20)23-16(4,5)6/h11,17H,7-10H2,1-6H3. The highest BCUT2D eigenvalue weighted by Crippen LogP contribution is 2.13. The van der Waals surface area contributed by atoms with Crippen LogP contribution in [0.5, 0.6) is 0 Å². The molecule has 0 aromatic rings. The monoisotopic (exact) mass is 328 g/mol. The van der Waals surface area contributed by atoms with Crippen LogP contribution in [0.4, 0.5) is 0 Å². The van der Waals surface area contributed by atoms with E-state index >= 15 is 0 Å². The summed E-state index contributed by atoms with van der Waals surface area (Å²) in [5, 5.41) is 2.99. The normalized spacial score (nSPS) is 19.5. The number of nitrogens with one attached hydrogen (secondary N) is 1. The van der Waals surface area contributed by atoms with Gasteiger partial charge in [0, 0.05) is 13.1 Å². The fourth-order valence-corrected chi connectivity index (χ4v) is 2.19. The van der Waals surface area contributed by atoms with Crippen molar-refractivity contribution in [2.24, 2.45) is 0 Å². The molecule has 1 atom stereocenters. The summed E-state index contributed by atoms with van der Waals surface area (Å²) < 4.78 is 10.5. The highest BCUT2D eigenvalue weighted by atomic mass is 16.6. The van der Waals surface area contributed by atoms with E-state index in [-0.39, 0.29) is 18.9 Å². The highest BCUT2D eigenvalue weighted by Gasteiger charge is 2.33. The van der Waals surface area contributed by atoms with Gasteiger partial charge in [0.1, 0.15) is 17.7 Å². The van der Waals surface area contributed by atoms with Gasteiger partial charge in [-0.05, 0) is 41.5 Å². The first-order valence-electron chi connectivity index (χ1n) is 7.83. The van der Waals surface area contributed by atoms with Crippen LogP contribution in [0.15, 0.2) is 0 Å². The molecule has 1 unspecified atom stereocenters. The molecule has 1 heterocycles. The van der Waals surface area contributed by atoms with E-state index in [1.807, 2.05) is 0 Å². The van der Waals surface area contributed by atoms with Crippen molar-refractivity contribution in [2.45, 2.75) is 65.2 Å². The van der Waals surface area contributed by atoms with Gasteiger partial charge in [-0.3, -0.25) is 14.4 Å². The molecule has 1 rings (SSSR count). The number of hydrogen-bond acceptors (Lipinski definition) is 6. The van der Waals surface area contributed by atoms with Crippen LogP contribution in [-0.4, -0.2) is 59.6 Å². The largest absolute Gasteiger partial charge is 0.460 e. The summed E-state index contributed by atoms with van der Waals surface area (Å²) in [7, 11) is 0. The number of esters is 2. The number of ether oxygens (including phenoxy) is 2. The molecule has 0 aromatic carbocycles. The average Bonchev–Trinajstić information content (AvgIpc) is 2.29. The lowest BCUT2D eigenvalue weighted by Gasteiger charge is -2.33. The lowest BCUT2D eigenvalue weighted by molar-refractivity contribution is -0.161. The minimum atomic E-state index is -0.666. The van der Waals surface area contributed by atoms with Gasteiger partial charge in [0.2, 0.25) is 5.91 Å². The molecule has 0 bridgehead atoms. The van der Waals surface area contributed by atoms with Gasteiger partial charge in [-0.2, -0.15) is 0 Å². The molecule has 7 nitrogen and oxygen atoms in total. The Morgan fingerprint density at radius 3 is 2.13 bits per heavy atom. The first-order chi connectivity index (χ1) is 10.4. The summed E-state index contributed by atoms with van der Waals surface area (Å²) in [5.41, 5.74) is -1.19. The van der Waals surface area contributed by atoms with Crippen molar-refractivity contribution in [3.63, 3.8) is 0 Å². The molecular formula is C16H28N2O5. The van der Waals surface area contributed by atoms with Crippen LogP contribution >= 0.6 is 0 Å². The van der Waals surface area contributed by atoms with E-state index in [2.05, 4.69) is 5.32 Å². The van der Waals surface area contributed by atoms with Gasteiger partial charge in [-0.15, -0.1) is 0 Å². The average molecular weight is 328 g/mol. The Labute approximate surface area is 137 Å². The van der Waals surface area contributed by atoms with Gasteiger partial charge in [0.15, 0.2) is 0 Å². The minimum Gasteiger partial charge on any atom is -0.460 e. The maximum atomic E-state index is 12.4. The van der Waals surface area contributed by atoms with Crippen molar-refractivity contribution in [1.29, 1.82) is 0 Å². The van der Waals surface area contributed by atoms with E-state index in [0.717, 1.165) is 0 Å². The van der Waals surface area contributed by atoms with E-state index in [9.17, 15) is 14.4 Å². The topological polar surface area (TPSA) is 84.9 Å². The number of rotatable bonds is 4. The fraction of sp³-hybridized carbons (Fsp3) is 0.812. The molecule has 1 fully saturated rings. The quantitative estimate of drug-likeness (QED) is 0.771. The molecule has 1 aliphatic rings. The predicted octanol–water partition coefficient (Wildman–Crippen LogP) is 0.860. The van der Waals surface area contributed by atoms with Crippen molar-refractivity contribution in [2.75, 3.05) is 19.6 Å². The maximum Gasteiger partial charge on any atom is 0.326 e. The van der Waals surface area contributed by atoms with Crippen LogP contribution in [0.1, 0.15) is 48.0 Å². The SMILES string of the molecule is CC(C)(C)OC(=O)CC1NCCN(CC(=O)OC(C)(C)C)C1=O. The Bertz CT molecular complexity index is 422. The summed E-state index contributed by atoms with van der Waals surface area (Å²) in [5.74, 6) is -1.18. The summed E-state index contributed by atoms with van der Waals surface area (Å²) in [4.78, 5) is 37.5. The highest BCUT2D eigenvalue weighted by molar-refractivity contribution is 5.89. The van der Waals surface area contributed by atoms with Crippen molar-refractivity contribution in [1.82, 2.24) is 10.2 Å². The van der Waals surface area contributed by atoms with Crippen molar-refractivity contribution in [3.05, 3.63) is 0 Å². The van der Waals surface area contributed by atoms with Gasteiger partial charge in [-0.25, -0.2) is 0 Å². The molecular weight excluding hydrogens is 300 g/mol. The van der Waals surface area contributed by atoms with Gasteiger partial charge in [0.05, 0.1) is 12.5 Å². The Balaban J connectivity index is 2.58. The maximum absolute atomic E-state index is 12.4. The molecule has 0 aromatic heterocycles. The second kappa shape index (κ2) is 7.29. The first kappa shape index (κ1) is 19.4. The van der Waals surface area contributed by atoms with Gasteiger partial charge in [-0.1, -0.05) is 0 Å². The van der Waals surface area contributed by atoms with E-state index in [1.165, 1.54) is 4.90 Å². The van der Waals surface area contributed by atoms with Crippen LogP contribution in [-0.2, 0) is 23.9 Å². The molecule has 1 aliphatic heterocycles. The van der Waals surface area contributed by atoms with Gasteiger partial charge in [0.25, 0.3) is 0 Å². The number of carbonyl (C=O) groups excluding carboxylic acids is 3. The third-order valence-electron chi connectivity index (χ3n) is 2.91. The van der Waals surface area contributed by atoms with Gasteiger partial charge >= 0.3 is 11.9 Å². The van der Waals surface area contributed by atoms with Crippen LogP contribution in [0.25, 0.3) is 0 Å². The van der Waals surface area contributed by atoms with Crippen LogP contribution < -0.4 is 5.32 Å². The lowest BCUT2D eigenvalue weighted by atomic mass is 10.1. The third-order valence-corrected chi connectivity index (χ3v) is 2.91. The van der Waals surface area contributed by atoms with Crippen LogP contribution in [0, 0.1) is 0 Å². The molecule has 1 N–H and O–H groups in total. The third kappa shape index (κ3) is 7.45. The molecule has 7 heteroatoms. The molecule has 23 heavy (non-hydrogen) atoms. The molecule has 0 radical (unpaired) electrons. The summed E-state index contributed by atoms with van der Waals surface area (Å²) in [6.07, 6.45) is -0.0546. The summed E-state index contributed by atoms with van der Waals surface area (Å²) in [6.45, 7) is 11.5. The molecule has 1 saturated heterocycles. The molecule has 0 spiro atoms. The molecule has 0 saturated carbocycles. The zero-order valence-electron chi connectivity index (χ0n) is 14.9. The number of amides is 1. The Kier molecular flexibility index (Phi) is 6.16. The molecule has 1 amide bonds. The molecule has 0 aliphatic carbocycles. The summed E-state index contributed by atoms with van der Waals surface area (Å²) in [6, 6.07) is -0.666. The van der Waals surface area contributed by atoms with E-state index in [1.54, 1.807) is 41.5 Å². The Morgan fingerprint density at radius 1 is 1.09 bits per heavy atom. The van der Waals surface area contributed by atoms with Crippen molar-refractivity contribution in [3.8, 4) is 0 Å².